The Morgan fingerprint density at radius 1 is 1.35 bits per heavy atom. The summed E-state index contributed by atoms with van der Waals surface area (Å²) in [5, 5.41) is 4.05. The summed E-state index contributed by atoms with van der Waals surface area (Å²) in [6.07, 6.45) is 0.0552. The summed E-state index contributed by atoms with van der Waals surface area (Å²) >= 11 is 0. The summed E-state index contributed by atoms with van der Waals surface area (Å²) < 4.78 is 39.1. The Bertz CT molecular complexity index is 364. The van der Waals surface area contributed by atoms with E-state index < -0.39 is 12.1 Å². The molecule has 0 unspecified atom stereocenters. The van der Waals surface area contributed by atoms with Gasteiger partial charge in [-0.25, -0.2) is 0 Å². The Balaban J connectivity index is 1.83. The van der Waals surface area contributed by atoms with Crippen LogP contribution in [0.3, 0.4) is 0 Å². The first kappa shape index (κ1) is 12.4. The molecular formula is C11H16F3N3. The Hall–Kier alpha value is -1.04. The van der Waals surface area contributed by atoms with Crippen molar-refractivity contribution in [3.63, 3.8) is 0 Å². The van der Waals surface area contributed by atoms with Crippen molar-refractivity contribution < 1.29 is 13.2 Å². The van der Waals surface area contributed by atoms with Crippen LogP contribution in [0, 0.1) is 5.92 Å². The van der Waals surface area contributed by atoms with Crippen LogP contribution >= 0.6 is 0 Å². The zero-order valence-corrected chi connectivity index (χ0v) is 9.74. The van der Waals surface area contributed by atoms with Gasteiger partial charge in [-0.05, 0) is 25.9 Å². The van der Waals surface area contributed by atoms with Gasteiger partial charge in [-0.1, -0.05) is 0 Å². The summed E-state index contributed by atoms with van der Waals surface area (Å²) in [5.74, 6) is -1.12. The number of halogens is 3. The second-order valence-corrected chi connectivity index (χ2v) is 4.61. The number of piperidine rings is 1. The lowest BCUT2D eigenvalue weighted by Gasteiger charge is -2.32. The Morgan fingerprint density at radius 2 is 2.00 bits per heavy atom. The van der Waals surface area contributed by atoms with E-state index in [0.717, 1.165) is 5.56 Å². The molecule has 17 heavy (non-hydrogen) atoms. The number of hydrogen-bond donors (Lipinski definition) is 0. The maximum atomic E-state index is 12.5. The number of likely N-dealkylation sites (tertiary alicyclic amines) is 1. The van der Waals surface area contributed by atoms with Crippen molar-refractivity contribution in [3.05, 3.63) is 18.0 Å². The molecule has 2 rings (SSSR count). The highest BCUT2D eigenvalue weighted by molar-refractivity contribution is 5.03. The molecule has 1 saturated heterocycles. The second-order valence-electron chi connectivity index (χ2n) is 4.61. The van der Waals surface area contributed by atoms with Gasteiger partial charge in [-0.2, -0.15) is 18.3 Å². The van der Waals surface area contributed by atoms with Crippen LogP contribution in [0.15, 0.2) is 12.4 Å². The third kappa shape index (κ3) is 3.21. The largest absolute Gasteiger partial charge is 0.391 e. The highest BCUT2D eigenvalue weighted by Gasteiger charge is 2.40. The molecular weight excluding hydrogens is 231 g/mol. The van der Waals surface area contributed by atoms with E-state index in [0.29, 0.717) is 19.6 Å². The first-order valence-electron chi connectivity index (χ1n) is 5.72. The molecule has 0 spiro atoms. The van der Waals surface area contributed by atoms with Crippen molar-refractivity contribution in [1.82, 2.24) is 14.7 Å². The SMILES string of the molecule is Cn1cc(CN2CCC(C(F)(F)F)CC2)cn1. The summed E-state index contributed by atoms with van der Waals surface area (Å²) in [5.41, 5.74) is 1.05. The molecule has 0 radical (unpaired) electrons. The average Bonchev–Trinajstić information content (AvgIpc) is 2.63. The van der Waals surface area contributed by atoms with Crippen LogP contribution in [0.5, 0.6) is 0 Å². The highest BCUT2D eigenvalue weighted by Crippen LogP contribution is 2.34. The van der Waals surface area contributed by atoms with E-state index >= 15 is 0 Å². The molecule has 0 aliphatic carbocycles. The molecule has 96 valence electrons. The highest BCUT2D eigenvalue weighted by atomic mass is 19.4. The van der Waals surface area contributed by atoms with Gasteiger partial charge in [-0.15, -0.1) is 0 Å². The topological polar surface area (TPSA) is 21.1 Å². The molecule has 1 aromatic heterocycles. The molecule has 0 saturated carbocycles. The molecule has 1 fully saturated rings. The van der Waals surface area contributed by atoms with E-state index in [1.165, 1.54) is 0 Å². The van der Waals surface area contributed by atoms with E-state index in [4.69, 9.17) is 0 Å². The third-order valence-corrected chi connectivity index (χ3v) is 3.22. The first-order valence-corrected chi connectivity index (χ1v) is 5.72. The number of hydrogen-bond acceptors (Lipinski definition) is 2. The number of aryl methyl sites for hydroxylation is 1. The molecule has 6 heteroatoms. The monoisotopic (exact) mass is 247 g/mol. The molecule has 1 aliphatic heterocycles. The van der Waals surface area contributed by atoms with Gasteiger partial charge in [0.25, 0.3) is 0 Å². The van der Waals surface area contributed by atoms with Gasteiger partial charge in [0.15, 0.2) is 0 Å². The molecule has 1 aromatic rings. The van der Waals surface area contributed by atoms with Gasteiger partial charge in [0.1, 0.15) is 0 Å². The maximum absolute atomic E-state index is 12.5. The molecule has 0 atom stereocenters. The number of nitrogens with zero attached hydrogens (tertiary/aromatic N) is 3. The minimum Gasteiger partial charge on any atom is -0.299 e. The summed E-state index contributed by atoms with van der Waals surface area (Å²) in [7, 11) is 1.83. The first-order chi connectivity index (χ1) is 7.95. The molecule has 0 amide bonds. The van der Waals surface area contributed by atoms with Crippen LogP contribution < -0.4 is 0 Å². The normalized spacial score (nSPS) is 19.8. The zero-order valence-electron chi connectivity index (χ0n) is 9.74. The molecule has 0 N–H and O–H groups in total. The molecule has 3 nitrogen and oxygen atoms in total. The van der Waals surface area contributed by atoms with Gasteiger partial charge in [-0.3, -0.25) is 9.58 Å². The second kappa shape index (κ2) is 4.68. The van der Waals surface area contributed by atoms with Crippen molar-refractivity contribution in [2.24, 2.45) is 13.0 Å². The lowest BCUT2D eigenvalue weighted by Crippen LogP contribution is -2.38. The fourth-order valence-corrected chi connectivity index (χ4v) is 2.23. The summed E-state index contributed by atoms with van der Waals surface area (Å²) in [4.78, 5) is 2.05. The van der Waals surface area contributed by atoms with E-state index in [1.54, 1.807) is 10.9 Å². The molecule has 1 aliphatic rings. The minimum absolute atomic E-state index is 0.212. The van der Waals surface area contributed by atoms with Gasteiger partial charge >= 0.3 is 6.18 Å². The van der Waals surface area contributed by atoms with E-state index in [1.807, 2.05) is 13.2 Å². The molecule has 0 aromatic carbocycles. The fourth-order valence-electron chi connectivity index (χ4n) is 2.23. The zero-order chi connectivity index (χ0) is 12.5. The van der Waals surface area contributed by atoms with Crippen LogP contribution in [-0.2, 0) is 13.6 Å². The Kier molecular flexibility index (Phi) is 3.42. The number of alkyl halides is 3. The lowest BCUT2D eigenvalue weighted by molar-refractivity contribution is -0.185. The van der Waals surface area contributed by atoms with Gasteiger partial charge in [0.2, 0.25) is 0 Å². The van der Waals surface area contributed by atoms with Gasteiger partial charge in [0, 0.05) is 25.4 Å². The van der Waals surface area contributed by atoms with Crippen molar-refractivity contribution in [3.8, 4) is 0 Å². The third-order valence-electron chi connectivity index (χ3n) is 3.22. The maximum Gasteiger partial charge on any atom is 0.391 e. The summed E-state index contributed by atoms with van der Waals surface area (Å²) in [6.45, 7) is 1.72. The molecule has 0 bridgehead atoms. The standard InChI is InChI=1S/C11H16F3N3/c1-16-7-9(6-15-16)8-17-4-2-10(3-5-17)11(12,13)14/h6-7,10H,2-5,8H2,1H3. The van der Waals surface area contributed by atoms with Crippen molar-refractivity contribution in [2.45, 2.75) is 25.6 Å². The van der Waals surface area contributed by atoms with E-state index in [-0.39, 0.29) is 12.8 Å². The van der Waals surface area contributed by atoms with Crippen LogP contribution in [0.25, 0.3) is 0 Å². The average molecular weight is 247 g/mol. The number of rotatable bonds is 2. The summed E-state index contributed by atoms with van der Waals surface area (Å²) in [6, 6.07) is 0. The predicted molar refractivity (Wildman–Crippen MR) is 57.3 cm³/mol. The Labute approximate surface area is 98.2 Å². The van der Waals surface area contributed by atoms with Gasteiger partial charge < -0.3 is 0 Å². The molecule has 2 heterocycles. The smallest absolute Gasteiger partial charge is 0.299 e. The van der Waals surface area contributed by atoms with Crippen LogP contribution in [-0.4, -0.2) is 33.9 Å². The van der Waals surface area contributed by atoms with Crippen LogP contribution in [0.4, 0.5) is 13.2 Å². The Morgan fingerprint density at radius 3 is 2.47 bits per heavy atom. The van der Waals surface area contributed by atoms with Gasteiger partial charge in [0.05, 0.1) is 12.1 Å². The van der Waals surface area contributed by atoms with E-state index in [9.17, 15) is 13.2 Å². The lowest BCUT2D eigenvalue weighted by atomic mass is 9.96. The van der Waals surface area contributed by atoms with Crippen LogP contribution in [0.1, 0.15) is 18.4 Å². The van der Waals surface area contributed by atoms with Crippen LogP contribution in [0.2, 0.25) is 0 Å². The van der Waals surface area contributed by atoms with E-state index in [2.05, 4.69) is 10.00 Å². The van der Waals surface area contributed by atoms with Crippen molar-refractivity contribution in [2.75, 3.05) is 13.1 Å². The van der Waals surface area contributed by atoms with Crippen molar-refractivity contribution >= 4 is 0 Å². The minimum atomic E-state index is -4.03. The fraction of sp³-hybridized carbons (Fsp3) is 0.727. The number of aromatic nitrogens is 2. The quantitative estimate of drug-likeness (QED) is 0.798. The van der Waals surface area contributed by atoms with Crippen molar-refractivity contribution in [1.29, 1.82) is 0 Å². The predicted octanol–water partition coefficient (Wildman–Crippen LogP) is 2.19.